The quantitative estimate of drug-likeness (QED) is 0.774. The van der Waals surface area contributed by atoms with Gasteiger partial charge in [-0.3, -0.25) is 0 Å². The molecule has 4 heteroatoms. The molecular weight excluding hydrogens is 240 g/mol. The second-order valence-electron chi connectivity index (χ2n) is 5.14. The molecule has 19 heavy (non-hydrogen) atoms. The third-order valence-corrected chi connectivity index (χ3v) is 4.22. The van der Waals surface area contributed by atoms with Crippen molar-refractivity contribution in [2.24, 2.45) is 0 Å². The molecular formula is C15H14N2O2. The summed E-state index contributed by atoms with van der Waals surface area (Å²) in [6.07, 6.45) is 2.69. The molecule has 1 saturated heterocycles. The lowest BCUT2D eigenvalue weighted by atomic mass is 9.74. The van der Waals surface area contributed by atoms with E-state index in [-0.39, 0.29) is 5.41 Å². The standard InChI is InChI=1S/C15H14N2O2/c16-10-11-9-15(13-4-2-1-3-12(11)13)5-7-17(8-6-15)14(18)19/h1-4,9H,5-8H2,(H,18,19). The van der Waals surface area contributed by atoms with Gasteiger partial charge in [0.15, 0.2) is 0 Å². The van der Waals surface area contributed by atoms with Crippen LogP contribution in [0.2, 0.25) is 0 Å². The number of piperidine rings is 1. The molecule has 1 heterocycles. The van der Waals surface area contributed by atoms with Crippen LogP contribution in [0.4, 0.5) is 4.79 Å². The van der Waals surface area contributed by atoms with Crippen molar-refractivity contribution in [3.05, 3.63) is 41.5 Å². The lowest BCUT2D eigenvalue weighted by Gasteiger charge is -2.37. The molecule has 1 aromatic carbocycles. The fraction of sp³-hybridized carbons (Fsp3) is 0.333. The summed E-state index contributed by atoms with van der Waals surface area (Å²) >= 11 is 0. The molecule has 96 valence electrons. The number of hydrogen-bond acceptors (Lipinski definition) is 2. The third kappa shape index (κ3) is 1.70. The number of nitriles is 1. The number of hydrogen-bond donors (Lipinski definition) is 1. The summed E-state index contributed by atoms with van der Waals surface area (Å²) in [6, 6.07) is 10.2. The zero-order chi connectivity index (χ0) is 13.5. The predicted molar refractivity (Wildman–Crippen MR) is 70.5 cm³/mol. The molecule has 0 atom stereocenters. The first-order valence-corrected chi connectivity index (χ1v) is 6.37. The number of carbonyl (C=O) groups is 1. The number of fused-ring (bicyclic) bond motifs is 2. The molecule has 1 aliphatic carbocycles. The molecule has 0 unspecified atom stereocenters. The van der Waals surface area contributed by atoms with Gasteiger partial charge in [0.1, 0.15) is 0 Å². The maximum atomic E-state index is 11.0. The van der Waals surface area contributed by atoms with Crippen LogP contribution in [-0.4, -0.2) is 29.2 Å². The highest BCUT2D eigenvalue weighted by Crippen LogP contribution is 2.46. The van der Waals surface area contributed by atoms with Crippen molar-refractivity contribution < 1.29 is 9.90 Å². The van der Waals surface area contributed by atoms with Crippen LogP contribution in [0.5, 0.6) is 0 Å². The molecule has 0 saturated carbocycles. The molecule has 1 aromatic rings. The van der Waals surface area contributed by atoms with Crippen LogP contribution in [0.25, 0.3) is 5.57 Å². The van der Waals surface area contributed by atoms with Gasteiger partial charge in [-0.25, -0.2) is 4.79 Å². The highest BCUT2D eigenvalue weighted by molar-refractivity contribution is 5.85. The maximum Gasteiger partial charge on any atom is 0.407 e. The predicted octanol–water partition coefficient (Wildman–Crippen LogP) is 2.62. The lowest BCUT2D eigenvalue weighted by molar-refractivity contribution is 0.124. The SMILES string of the molecule is N#CC1=CC2(CCN(C(=O)O)CC2)c2ccccc21. The zero-order valence-electron chi connectivity index (χ0n) is 10.5. The lowest BCUT2D eigenvalue weighted by Crippen LogP contribution is -2.43. The van der Waals surface area contributed by atoms with Crippen molar-refractivity contribution >= 4 is 11.7 Å². The van der Waals surface area contributed by atoms with E-state index in [2.05, 4.69) is 12.1 Å². The normalized spacial score (nSPS) is 19.7. The van der Waals surface area contributed by atoms with E-state index < -0.39 is 6.09 Å². The molecule has 1 amide bonds. The molecule has 0 aromatic heterocycles. The van der Waals surface area contributed by atoms with Gasteiger partial charge < -0.3 is 10.0 Å². The zero-order valence-corrected chi connectivity index (χ0v) is 10.5. The highest BCUT2D eigenvalue weighted by Gasteiger charge is 2.41. The summed E-state index contributed by atoms with van der Waals surface area (Å²) in [5, 5.41) is 18.3. The number of likely N-dealkylation sites (tertiary alicyclic amines) is 1. The van der Waals surface area contributed by atoms with E-state index in [1.165, 1.54) is 10.5 Å². The van der Waals surface area contributed by atoms with E-state index in [1.54, 1.807) is 0 Å². The topological polar surface area (TPSA) is 64.3 Å². The Kier molecular flexibility index (Phi) is 2.56. The van der Waals surface area contributed by atoms with E-state index >= 15 is 0 Å². The van der Waals surface area contributed by atoms with Crippen LogP contribution in [-0.2, 0) is 5.41 Å². The summed E-state index contributed by atoms with van der Waals surface area (Å²) in [7, 11) is 0. The van der Waals surface area contributed by atoms with Gasteiger partial charge in [-0.15, -0.1) is 0 Å². The second-order valence-corrected chi connectivity index (χ2v) is 5.14. The number of carboxylic acid groups (broad SMARTS) is 1. The molecule has 4 nitrogen and oxygen atoms in total. The molecule has 3 rings (SSSR count). The Bertz CT molecular complexity index is 605. The molecule has 1 spiro atoms. The largest absolute Gasteiger partial charge is 0.465 e. The van der Waals surface area contributed by atoms with Gasteiger partial charge in [-0.2, -0.15) is 5.26 Å². The van der Waals surface area contributed by atoms with Gasteiger partial charge in [0.25, 0.3) is 0 Å². The summed E-state index contributed by atoms with van der Waals surface area (Å²) in [5.74, 6) is 0. The molecule has 1 fully saturated rings. The first-order valence-electron chi connectivity index (χ1n) is 6.37. The van der Waals surface area contributed by atoms with Crippen molar-refractivity contribution in [3.8, 4) is 6.07 Å². The van der Waals surface area contributed by atoms with Gasteiger partial charge >= 0.3 is 6.09 Å². The van der Waals surface area contributed by atoms with Crippen molar-refractivity contribution in [3.63, 3.8) is 0 Å². The van der Waals surface area contributed by atoms with Crippen LogP contribution < -0.4 is 0 Å². The van der Waals surface area contributed by atoms with Crippen LogP contribution >= 0.6 is 0 Å². The first-order chi connectivity index (χ1) is 9.16. The van der Waals surface area contributed by atoms with Gasteiger partial charge in [-0.1, -0.05) is 30.3 Å². The minimum atomic E-state index is -0.856. The average molecular weight is 254 g/mol. The monoisotopic (exact) mass is 254 g/mol. The molecule has 0 bridgehead atoms. The average Bonchev–Trinajstić information content (AvgIpc) is 2.74. The first kappa shape index (κ1) is 11.8. The van der Waals surface area contributed by atoms with E-state index in [0.717, 1.165) is 24.0 Å². The molecule has 2 aliphatic rings. The summed E-state index contributed by atoms with van der Waals surface area (Å²) in [5.41, 5.74) is 2.76. The Hall–Kier alpha value is -2.28. The molecule has 1 N–H and O–H groups in total. The Labute approximate surface area is 111 Å². The van der Waals surface area contributed by atoms with Crippen LogP contribution in [0.3, 0.4) is 0 Å². The summed E-state index contributed by atoms with van der Waals surface area (Å²) < 4.78 is 0. The second kappa shape index (κ2) is 4.13. The number of nitrogens with zero attached hydrogens (tertiary/aromatic N) is 2. The van der Waals surface area contributed by atoms with E-state index in [9.17, 15) is 10.1 Å². The summed E-state index contributed by atoms with van der Waals surface area (Å²) in [4.78, 5) is 12.4. The number of benzene rings is 1. The van der Waals surface area contributed by atoms with Gasteiger partial charge in [0.2, 0.25) is 0 Å². The molecule has 1 aliphatic heterocycles. The Morgan fingerprint density at radius 3 is 2.63 bits per heavy atom. The Morgan fingerprint density at radius 1 is 1.32 bits per heavy atom. The highest BCUT2D eigenvalue weighted by atomic mass is 16.4. The van der Waals surface area contributed by atoms with E-state index in [4.69, 9.17) is 5.11 Å². The van der Waals surface area contributed by atoms with E-state index in [1.807, 2.05) is 24.3 Å². The minimum Gasteiger partial charge on any atom is -0.465 e. The number of allylic oxidation sites excluding steroid dienone is 2. The summed E-state index contributed by atoms with van der Waals surface area (Å²) in [6.45, 7) is 1.05. The maximum absolute atomic E-state index is 11.0. The van der Waals surface area contributed by atoms with Gasteiger partial charge in [-0.05, 0) is 24.0 Å². The molecule has 0 radical (unpaired) electrons. The van der Waals surface area contributed by atoms with Crippen LogP contribution in [0.15, 0.2) is 30.3 Å². The fourth-order valence-electron chi connectivity index (χ4n) is 3.19. The fourth-order valence-corrected chi connectivity index (χ4v) is 3.19. The van der Waals surface area contributed by atoms with Crippen LogP contribution in [0.1, 0.15) is 24.0 Å². The van der Waals surface area contributed by atoms with Crippen molar-refractivity contribution in [1.29, 1.82) is 5.26 Å². The van der Waals surface area contributed by atoms with Crippen LogP contribution in [0, 0.1) is 11.3 Å². The third-order valence-electron chi connectivity index (χ3n) is 4.22. The minimum absolute atomic E-state index is 0.145. The number of rotatable bonds is 0. The van der Waals surface area contributed by atoms with E-state index in [0.29, 0.717) is 13.1 Å². The van der Waals surface area contributed by atoms with Gasteiger partial charge in [0, 0.05) is 18.5 Å². The smallest absolute Gasteiger partial charge is 0.407 e. The van der Waals surface area contributed by atoms with Crippen molar-refractivity contribution in [2.75, 3.05) is 13.1 Å². The van der Waals surface area contributed by atoms with Gasteiger partial charge in [0.05, 0.1) is 11.6 Å². The Morgan fingerprint density at radius 2 is 2.00 bits per heavy atom. The number of amides is 1. The van der Waals surface area contributed by atoms with Crippen molar-refractivity contribution in [2.45, 2.75) is 18.3 Å². The van der Waals surface area contributed by atoms with Crippen molar-refractivity contribution in [1.82, 2.24) is 4.90 Å². The Balaban J connectivity index is 1.97.